The number of nitrogens with one attached hydrogen (secondary N) is 1. The van der Waals surface area contributed by atoms with Gasteiger partial charge in [-0.05, 0) is 30.3 Å². The van der Waals surface area contributed by atoms with Crippen molar-refractivity contribution in [3.63, 3.8) is 0 Å². The minimum Gasteiger partial charge on any atom is -0.334 e. The van der Waals surface area contributed by atoms with E-state index in [-0.39, 0.29) is 0 Å². The Balaban J connectivity index is 1.63. The van der Waals surface area contributed by atoms with Gasteiger partial charge in [0.05, 0.1) is 11.8 Å². The predicted molar refractivity (Wildman–Crippen MR) is 87.7 cm³/mol. The molecule has 1 aromatic carbocycles. The van der Waals surface area contributed by atoms with Crippen LogP contribution in [0.3, 0.4) is 0 Å². The van der Waals surface area contributed by atoms with Crippen molar-refractivity contribution in [2.75, 3.05) is 5.32 Å². The quantitative estimate of drug-likeness (QED) is 0.608. The van der Waals surface area contributed by atoms with E-state index in [1.54, 1.807) is 18.5 Å². The van der Waals surface area contributed by atoms with E-state index >= 15 is 0 Å². The van der Waals surface area contributed by atoms with Gasteiger partial charge in [-0.3, -0.25) is 0 Å². The maximum Gasteiger partial charge on any atom is 0.416 e. The first-order chi connectivity index (χ1) is 12.4. The van der Waals surface area contributed by atoms with Gasteiger partial charge in [-0.25, -0.2) is 4.98 Å². The lowest BCUT2D eigenvalue weighted by atomic mass is 10.2. The molecule has 0 amide bonds. The van der Waals surface area contributed by atoms with Crippen LogP contribution in [-0.4, -0.2) is 29.4 Å². The molecular weight excluding hydrogens is 347 g/mol. The van der Waals surface area contributed by atoms with Crippen molar-refractivity contribution in [1.29, 1.82) is 0 Å². The highest BCUT2D eigenvalue weighted by atomic mass is 19.4. The molecule has 4 aromatic rings. The normalized spacial score (nSPS) is 11.8. The van der Waals surface area contributed by atoms with Gasteiger partial charge in [-0.1, -0.05) is 0 Å². The summed E-state index contributed by atoms with van der Waals surface area (Å²) in [5.41, 5.74) is 0.993. The van der Waals surface area contributed by atoms with Crippen molar-refractivity contribution in [3.8, 4) is 11.4 Å². The van der Waals surface area contributed by atoms with Crippen LogP contribution in [0.5, 0.6) is 0 Å². The highest BCUT2D eigenvalue weighted by Crippen LogP contribution is 2.30. The molecule has 0 fully saturated rings. The van der Waals surface area contributed by atoms with Crippen molar-refractivity contribution >= 4 is 17.3 Å². The second-order valence-corrected chi connectivity index (χ2v) is 5.60. The molecule has 26 heavy (non-hydrogen) atoms. The molecule has 7 nitrogen and oxygen atoms in total. The Labute approximate surface area is 145 Å². The third kappa shape index (κ3) is 2.85. The standard InChI is InChI=1S/C16H12F3N7/c1-25-7-6-20-14(25)10-8-13-23-24-15(26(13)21-9-10)22-12-4-2-11(3-5-12)16(17,18)19/h2-9H,1H3,(H,22,24). The molecule has 0 aliphatic rings. The summed E-state index contributed by atoms with van der Waals surface area (Å²) >= 11 is 0. The molecule has 0 radical (unpaired) electrons. The molecule has 0 bridgehead atoms. The minimum absolute atomic E-state index is 0.297. The number of halogens is 3. The zero-order valence-electron chi connectivity index (χ0n) is 13.4. The Hall–Kier alpha value is -3.43. The summed E-state index contributed by atoms with van der Waals surface area (Å²) < 4.78 is 41.2. The van der Waals surface area contributed by atoms with Crippen LogP contribution in [0.1, 0.15) is 5.56 Å². The summed E-state index contributed by atoms with van der Waals surface area (Å²) in [4.78, 5) is 4.25. The first-order valence-electron chi connectivity index (χ1n) is 7.55. The zero-order chi connectivity index (χ0) is 18.3. The highest BCUT2D eigenvalue weighted by molar-refractivity contribution is 5.62. The van der Waals surface area contributed by atoms with Crippen molar-refractivity contribution in [3.05, 3.63) is 54.5 Å². The van der Waals surface area contributed by atoms with Gasteiger partial charge < -0.3 is 9.88 Å². The average Bonchev–Trinajstić information content (AvgIpc) is 3.20. The topological polar surface area (TPSA) is 72.9 Å². The second-order valence-electron chi connectivity index (χ2n) is 5.60. The number of aryl methyl sites for hydroxylation is 1. The van der Waals surface area contributed by atoms with Gasteiger partial charge in [0.1, 0.15) is 5.82 Å². The number of nitrogens with zero attached hydrogens (tertiary/aromatic N) is 6. The first kappa shape index (κ1) is 16.1. The molecule has 0 spiro atoms. The van der Waals surface area contributed by atoms with Crippen LogP contribution in [0.15, 0.2) is 48.9 Å². The van der Waals surface area contributed by atoms with E-state index in [1.165, 1.54) is 16.6 Å². The SMILES string of the molecule is Cn1ccnc1-c1cnn2c(Nc3ccc(C(F)(F)F)cc3)nnc2c1. The Morgan fingerprint density at radius 1 is 1.08 bits per heavy atom. The summed E-state index contributed by atoms with van der Waals surface area (Å²) in [5, 5.41) is 15.2. The van der Waals surface area contributed by atoms with Gasteiger partial charge in [0.15, 0.2) is 5.65 Å². The lowest BCUT2D eigenvalue weighted by Crippen LogP contribution is -2.05. The lowest BCUT2D eigenvalue weighted by Gasteiger charge is -2.08. The molecule has 0 atom stereocenters. The van der Waals surface area contributed by atoms with Gasteiger partial charge in [-0.2, -0.15) is 22.8 Å². The Kier molecular flexibility index (Phi) is 3.60. The minimum atomic E-state index is -4.37. The summed E-state index contributed by atoms with van der Waals surface area (Å²) in [6.45, 7) is 0. The maximum absolute atomic E-state index is 12.6. The zero-order valence-corrected chi connectivity index (χ0v) is 13.4. The summed E-state index contributed by atoms with van der Waals surface area (Å²) in [5.74, 6) is 1.03. The summed E-state index contributed by atoms with van der Waals surface area (Å²) in [7, 11) is 1.87. The second kappa shape index (κ2) is 5.83. The third-order valence-electron chi connectivity index (χ3n) is 3.81. The van der Waals surface area contributed by atoms with Crippen LogP contribution in [0.2, 0.25) is 0 Å². The molecule has 0 unspecified atom stereocenters. The van der Waals surface area contributed by atoms with Crippen LogP contribution in [0.4, 0.5) is 24.8 Å². The van der Waals surface area contributed by atoms with Crippen molar-refractivity contribution < 1.29 is 13.2 Å². The summed E-state index contributed by atoms with van der Waals surface area (Å²) in [6, 6.07) is 6.43. The molecule has 0 saturated heterocycles. The van der Waals surface area contributed by atoms with Gasteiger partial charge >= 0.3 is 6.18 Å². The number of alkyl halides is 3. The largest absolute Gasteiger partial charge is 0.416 e. The van der Waals surface area contributed by atoms with Crippen molar-refractivity contribution in [1.82, 2.24) is 29.4 Å². The first-order valence-corrected chi connectivity index (χ1v) is 7.55. The molecule has 1 N–H and O–H groups in total. The van der Waals surface area contributed by atoms with Crippen LogP contribution >= 0.6 is 0 Å². The molecule has 10 heteroatoms. The molecule has 0 aliphatic heterocycles. The highest BCUT2D eigenvalue weighted by Gasteiger charge is 2.30. The van der Waals surface area contributed by atoms with Gasteiger partial charge in [0.25, 0.3) is 0 Å². The van der Waals surface area contributed by atoms with Crippen molar-refractivity contribution in [2.45, 2.75) is 6.18 Å². The van der Waals surface area contributed by atoms with Crippen LogP contribution in [0.25, 0.3) is 17.0 Å². The Morgan fingerprint density at radius 3 is 2.50 bits per heavy atom. The van der Waals surface area contributed by atoms with Crippen LogP contribution in [0, 0.1) is 0 Å². The van der Waals surface area contributed by atoms with E-state index in [0.29, 0.717) is 17.3 Å². The number of hydrogen-bond acceptors (Lipinski definition) is 5. The van der Waals surface area contributed by atoms with E-state index in [9.17, 15) is 13.2 Å². The number of imidazole rings is 1. The Morgan fingerprint density at radius 2 is 1.85 bits per heavy atom. The predicted octanol–water partition coefficient (Wildman–Crippen LogP) is 3.29. The third-order valence-corrected chi connectivity index (χ3v) is 3.81. The summed E-state index contributed by atoms with van der Waals surface area (Å²) in [6.07, 6.45) is 0.752. The fourth-order valence-corrected chi connectivity index (χ4v) is 2.51. The molecule has 3 heterocycles. The van der Waals surface area contributed by atoms with E-state index in [4.69, 9.17) is 0 Å². The number of fused-ring (bicyclic) bond motifs is 1. The maximum atomic E-state index is 12.6. The number of hydrogen-bond donors (Lipinski definition) is 1. The molecule has 0 saturated carbocycles. The van der Waals surface area contributed by atoms with Gasteiger partial charge in [0.2, 0.25) is 5.95 Å². The monoisotopic (exact) mass is 359 g/mol. The lowest BCUT2D eigenvalue weighted by molar-refractivity contribution is -0.137. The molecule has 3 aromatic heterocycles. The number of benzene rings is 1. The fourth-order valence-electron chi connectivity index (χ4n) is 2.51. The number of anilines is 2. The van der Waals surface area contributed by atoms with Crippen molar-refractivity contribution in [2.24, 2.45) is 7.05 Å². The molecule has 4 rings (SSSR count). The van der Waals surface area contributed by atoms with Crippen LogP contribution in [-0.2, 0) is 13.2 Å². The Bertz CT molecular complexity index is 1060. The molecule has 0 aliphatic carbocycles. The smallest absolute Gasteiger partial charge is 0.334 e. The van der Waals surface area contributed by atoms with E-state index < -0.39 is 11.7 Å². The van der Waals surface area contributed by atoms with Gasteiger partial charge in [-0.15, -0.1) is 10.2 Å². The molecular formula is C16H12F3N7. The average molecular weight is 359 g/mol. The van der Waals surface area contributed by atoms with E-state index in [1.807, 2.05) is 17.8 Å². The van der Waals surface area contributed by atoms with E-state index in [0.717, 1.165) is 23.5 Å². The number of aromatic nitrogens is 6. The fraction of sp³-hybridized carbons (Fsp3) is 0.125. The van der Waals surface area contributed by atoms with Crippen LogP contribution < -0.4 is 5.32 Å². The van der Waals surface area contributed by atoms with E-state index in [2.05, 4.69) is 25.6 Å². The van der Waals surface area contributed by atoms with Gasteiger partial charge in [0, 0.05) is 30.7 Å². The molecule has 132 valence electrons. The number of rotatable bonds is 3.